The van der Waals surface area contributed by atoms with Crippen molar-refractivity contribution in [3.05, 3.63) is 71.3 Å². The Bertz CT molecular complexity index is 1640. The lowest BCUT2D eigenvalue weighted by atomic mass is 9.93. The third-order valence-electron chi connectivity index (χ3n) is 6.35. The average Bonchev–Trinajstić information content (AvgIpc) is 2.96. The highest BCUT2D eigenvalue weighted by atomic mass is 19.4. The van der Waals surface area contributed by atoms with Crippen LogP contribution in [-0.2, 0) is 5.67 Å². The zero-order valence-corrected chi connectivity index (χ0v) is 24.0. The van der Waals surface area contributed by atoms with Gasteiger partial charge in [0.05, 0.1) is 23.9 Å². The summed E-state index contributed by atoms with van der Waals surface area (Å²) >= 11 is 0. The second-order valence-electron chi connectivity index (χ2n) is 9.31. The van der Waals surface area contributed by atoms with Gasteiger partial charge in [0.1, 0.15) is 17.2 Å². The van der Waals surface area contributed by atoms with Crippen molar-refractivity contribution < 1.29 is 81.6 Å². The molecule has 0 aliphatic heterocycles. The van der Waals surface area contributed by atoms with E-state index in [9.17, 15) is 67.4 Å². The molecule has 2 amide bonds. The Morgan fingerprint density at radius 2 is 1.44 bits per heavy atom. The largest absolute Gasteiger partial charge is 0.573 e. The Kier molecular flexibility index (Phi) is 10.6. The highest BCUT2D eigenvalue weighted by Crippen LogP contribution is 2.55. The van der Waals surface area contributed by atoms with Crippen molar-refractivity contribution in [3.8, 4) is 23.0 Å². The van der Waals surface area contributed by atoms with Gasteiger partial charge in [-0.1, -0.05) is 18.2 Å². The Balaban J connectivity index is 2.12. The topological polar surface area (TPSA) is 97.3 Å². The van der Waals surface area contributed by atoms with E-state index in [0.29, 0.717) is 0 Å². The number of alkyl halides is 12. The molecular formula is C28H20F12N2O6. The van der Waals surface area contributed by atoms with E-state index in [2.05, 4.69) is 9.47 Å². The third kappa shape index (κ3) is 7.57. The summed E-state index contributed by atoms with van der Waals surface area (Å²) in [4.78, 5) is 27.5. The van der Waals surface area contributed by atoms with Crippen LogP contribution in [0.15, 0.2) is 54.6 Å². The lowest BCUT2D eigenvalue weighted by Crippen LogP contribution is -2.50. The number of nitrogens with one attached hydrogen (secondary N) is 1. The van der Waals surface area contributed by atoms with Crippen LogP contribution in [0.4, 0.5) is 64.1 Å². The molecule has 0 heterocycles. The van der Waals surface area contributed by atoms with E-state index in [1.807, 2.05) is 0 Å². The number of carbonyl (C=O) groups excluding carboxylic acids is 2. The molecular weight excluding hydrogens is 688 g/mol. The molecule has 2 N–H and O–H groups in total. The van der Waals surface area contributed by atoms with Gasteiger partial charge < -0.3 is 29.5 Å². The monoisotopic (exact) mass is 708 g/mol. The van der Waals surface area contributed by atoms with E-state index < -0.39 is 100 Å². The lowest BCUT2D eigenvalue weighted by molar-refractivity contribution is -0.348. The van der Waals surface area contributed by atoms with Gasteiger partial charge in [0, 0.05) is 12.1 Å². The fourth-order valence-corrected chi connectivity index (χ4v) is 4.34. The van der Waals surface area contributed by atoms with Crippen molar-refractivity contribution in [2.75, 3.05) is 23.9 Å². The normalized spacial score (nSPS) is 12.5. The second-order valence-corrected chi connectivity index (χ2v) is 9.31. The average molecular weight is 708 g/mol. The number of carbonyl (C=O) groups is 2. The van der Waals surface area contributed by atoms with Crippen molar-refractivity contribution in [2.45, 2.75) is 37.9 Å². The molecule has 0 radical (unpaired) electrons. The number of phenolic OH excluding ortho intramolecular Hbond substituents is 1. The van der Waals surface area contributed by atoms with Crippen LogP contribution in [0.5, 0.6) is 23.0 Å². The molecule has 20 heteroatoms. The molecule has 3 aromatic carbocycles. The summed E-state index contributed by atoms with van der Waals surface area (Å²) in [6, 6.07) is 6.58. The number of aromatic hydroxyl groups is 1. The minimum atomic E-state index is -6.71. The van der Waals surface area contributed by atoms with Crippen LogP contribution in [-0.4, -0.2) is 55.9 Å². The van der Waals surface area contributed by atoms with E-state index >= 15 is 0 Å². The van der Waals surface area contributed by atoms with Crippen LogP contribution in [0.25, 0.3) is 0 Å². The Morgan fingerprint density at radius 1 is 0.854 bits per heavy atom. The number of rotatable bonds is 10. The first-order chi connectivity index (χ1) is 22.1. The second kappa shape index (κ2) is 13.6. The van der Waals surface area contributed by atoms with Crippen LogP contribution in [0.2, 0.25) is 0 Å². The minimum absolute atomic E-state index is 0.277. The van der Waals surface area contributed by atoms with Crippen LogP contribution in [0.3, 0.4) is 0 Å². The van der Waals surface area contributed by atoms with E-state index in [4.69, 9.17) is 4.74 Å². The Morgan fingerprint density at radius 3 is 1.96 bits per heavy atom. The third-order valence-corrected chi connectivity index (χ3v) is 6.35. The number of halogens is 12. The number of ether oxygens (including phenoxy) is 3. The van der Waals surface area contributed by atoms with Gasteiger partial charge >= 0.3 is 31.0 Å². The van der Waals surface area contributed by atoms with Crippen LogP contribution in [0.1, 0.15) is 33.2 Å². The number of anilines is 2. The number of hydrogen-bond donors (Lipinski definition) is 2. The van der Waals surface area contributed by atoms with E-state index in [1.54, 1.807) is 5.32 Å². The zero-order valence-electron chi connectivity index (χ0n) is 24.0. The number of methoxy groups -OCH3 is 1. The summed E-state index contributed by atoms with van der Waals surface area (Å²) in [6.07, 6.45) is -18.6. The predicted octanol–water partition coefficient (Wildman–Crippen LogP) is 8.11. The number of amides is 2. The SMILES string of the molecule is CCN(C(=O)c1ccccc1OC(F)(F)F)c1cccc(C(=O)Nc2c(O)cc(C(F)(C(F)(F)F)C(F)(F)F)cc2OC(F)F)c1OC. The molecule has 0 bridgehead atoms. The molecule has 3 rings (SSSR count). The molecule has 0 saturated heterocycles. The van der Waals surface area contributed by atoms with E-state index in [-0.39, 0.29) is 12.2 Å². The maximum Gasteiger partial charge on any atom is 0.573 e. The van der Waals surface area contributed by atoms with Gasteiger partial charge in [0.15, 0.2) is 11.5 Å². The van der Waals surface area contributed by atoms with Gasteiger partial charge in [-0.3, -0.25) is 9.59 Å². The molecule has 0 fully saturated rings. The summed E-state index contributed by atoms with van der Waals surface area (Å²) in [5.41, 5.74) is -11.4. The lowest BCUT2D eigenvalue weighted by Gasteiger charge is -2.31. The quantitative estimate of drug-likeness (QED) is 0.163. The Hall–Kier alpha value is -5.04. The van der Waals surface area contributed by atoms with E-state index in [0.717, 1.165) is 48.4 Å². The highest BCUT2D eigenvalue weighted by molar-refractivity contribution is 6.12. The smallest absolute Gasteiger partial charge is 0.506 e. The summed E-state index contributed by atoms with van der Waals surface area (Å²) in [6.45, 7) is -2.89. The van der Waals surface area contributed by atoms with Crippen LogP contribution in [0, 0.1) is 0 Å². The molecule has 0 aliphatic rings. The molecule has 0 unspecified atom stereocenters. The first-order valence-corrected chi connectivity index (χ1v) is 12.9. The van der Waals surface area contributed by atoms with Crippen molar-refractivity contribution >= 4 is 23.2 Å². The summed E-state index contributed by atoms with van der Waals surface area (Å²) in [5, 5.41) is 12.0. The first kappa shape index (κ1) is 37.4. The summed E-state index contributed by atoms with van der Waals surface area (Å²) in [5.74, 6) is -7.44. The van der Waals surface area contributed by atoms with Gasteiger partial charge in [0.2, 0.25) is 0 Å². The molecule has 0 aliphatic carbocycles. The first-order valence-electron chi connectivity index (χ1n) is 12.9. The molecule has 0 saturated carbocycles. The number of nitrogens with zero attached hydrogens (tertiary/aromatic N) is 1. The number of para-hydroxylation sites is 2. The summed E-state index contributed by atoms with van der Waals surface area (Å²) < 4.78 is 172. The van der Waals surface area contributed by atoms with Gasteiger partial charge in [-0.15, -0.1) is 13.2 Å². The van der Waals surface area contributed by atoms with Gasteiger partial charge in [-0.05, 0) is 43.3 Å². The summed E-state index contributed by atoms with van der Waals surface area (Å²) in [7, 11) is 0.960. The van der Waals surface area contributed by atoms with Crippen molar-refractivity contribution in [3.63, 3.8) is 0 Å². The standard InChI is InChI=1S/C28H20F12N2O6/c1-3-42(23(45)14-7-4-5-10-18(14)48-28(38,39)40)16-9-6-8-15(21(16)46-2)22(44)41-20-17(43)11-13(12-19(20)47-24(29)30)25(31,26(32,33)34)27(35,36)37/h4-12,24,43H,3H2,1-2H3,(H,41,44). The van der Waals surface area contributed by atoms with Gasteiger partial charge in [0.25, 0.3) is 11.8 Å². The molecule has 3 aromatic rings. The predicted molar refractivity (Wildman–Crippen MR) is 141 cm³/mol. The van der Waals surface area contributed by atoms with Crippen LogP contribution >= 0.6 is 0 Å². The molecule has 8 nitrogen and oxygen atoms in total. The maximum atomic E-state index is 14.6. The fraction of sp³-hybridized carbons (Fsp3) is 0.286. The number of hydrogen-bond acceptors (Lipinski definition) is 6. The molecule has 0 spiro atoms. The van der Waals surface area contributed by atoms with Crippen molar-refractivity contribution in [1.82, 2.24) is 0 Å². The Labute approximate surface area is 261 Å². The number of phenols is 1. The van der Waals surface area contributed by atoms with Crippen molar-refractivity contribution in [2.24, 2.45) is 0 Å². The molecule has 0 aromatic heterocycles. The zero-order chi connectivity index (χ0) is 36.4. The molecule has 0 atom stereocenters. The van der Waals surface area contributed by atoms with Crippen molar-refractivity contribution in [1.29, 1.82) is 0 Å². The highest BCUT2D eigenvalue weighted by Gasteiger charge is 2.73. The number of benzene rings is 3. The molecule has 262 valence electrons. The molecule has 48 heavy (non-hydrogen) atoms. The maximum absolute atomic E-state index is 14.6. The fourth-order valence-electron chi connectivity index (χ4n) is 4.34. The van der Waals surface area contributed by atoms with Crippen LogP contribution < -0.4 is 24.4 Å². The van der Waals surface area contributed by atoms with Gasteiger partial charge in [-0.2, -0.15) is 35.1 Å². The minimum Gasteiger partial charge on any atom is -0.506 e. The van der Waals surface area contributed by atoms with Gasteiger partial charge in [-0.25, -0.2) is 4.39 Å². The van der Waals surface area contributed by atoms with E-state index in [1.165, 1.54) is 13.0 Å².